The standard InChI is InChI=1S/C32H39NO5/c1-20(2)18-25-13-15-26(16-14-25)24(6)38-31-21(3)19-28(22(4)23(31)5)33-32(36)27-10-7-8-11-29(27)37-17-9-12-30(34)35/h7-8,10-11,13-16,19-20,24H,9,12,17-18H2,1-6H3,(H,33,36)(H,34,35). The third-order valence-corrected chi connectivity index (χ3v) is 6.59. The lowest BCUT2D eigenvalue weighted by molar-refractivity contribution is -0.137. The number of benzene rings is 3. The van der Waals surface area contributed by atoms with E-state index in [9.17, 15) is 9.59 Å². The van der Waals surface area contributed by atoms with Crippen molar-refractivity contribution in [2.24, 2.45) is 5.92 Å². The average Bonchev–Trinajstić information content (AvgIpc) is 2.87. The summed E-state index contributed by atoms with van der Waals surface area (Å²) in [5.74, 6) is 0.703. The molecule has 0 radical (unpaired) electrons. The highest BCUT2D eigenvalue weighted by atomic mass is 16.5. The van der Waals surface area contributed by atoms with E-state index >= 15 is 0 Å². The van der Waals surface area contributed by atoms with E-state index in [1.54, 1.807) is 24.3 Å². The average molecular weight is 518 g/mol. The predicted molar refractivity (Wildman–Crippen MR) is 151 cm³/mol. The van der Waals surface area contributed by atoms with Crippen molar-refractivity contribution < 1.29 is 24.2 Å². The third kappa shape index (κ3) is 7.60. The van der Waals surface area contributed by atoms with Crippen LogP contribution < -0.4 is 14.8 Å². The lowest BCUT2D eigenvalue weighted by Gasteiger charge is -2.22. The minimum atomic E-state index is -0.873. The zero-order valence-electron chi connectivity index (χ0n) is 23.3. The molecule has 0 aliphatic carbocycles. The van der Waals surface area contributed by atoms with Gasteiger partial charge in [0, 0.05) is 12.1 Å². The maximum absolute atomic E-state index is 13.2. The number of carboxylic acid groups (broad SMARTS) is 1. The van der Waals surface area contributed by atoms with E-state index in [1.165, 1.54) is 5.56 Å². The number of amides is 1. The highest BCUT2D eigenvalue weighted by molar-refractivity contribution is 6.06. The monoisotopic (exact) mass is 517 g/mol. The molecule has 202 valence electrons. The molecule has 0 heterocycles. The Hall–Kier alpha value is -3.80. The Labute approximate surface area is 226 Å². The number of hydrogen-bond donors (Lipinski definition) is 2. The first-order valence-electron chi connectivity index (χ1n) is 13.2. The predicted octanol–water partition coefficient (Wildman–Crippen LogP) is 7.45. The van der Waals surface area contributed by atoms with Gasteiger partial charge < -0.3 is 19.9 Å². The Morgan fingerprint density at radius 1 is 0.947 bits per heavy atom. The fourth-order valence-corrected chi connectivity index (χ4v) is 4.39. The van der Waals surface area contributed by atoms with Crippen molar-refractivity contribution in [3.63, 3.8) is 0 Å². The Morgan fingerprint density at radius 2 is 1.63 bits per heavy atom. The number of carbonyl (C=O) groups is 2. The fourth-order valence-electron chi connectivity index (χ4n) is 4.39. The van der Waals surface area contributed by atoms with Gasteiger partial charge in [0.1, 0.15) is 17.6 Å². The zero-order valence-corrected chi connectivity index (χ0v) is 23.3. The van der Waals surface area contributed by atoms with Crippen molar-refractivity contribution in [2.45, 2.75) is 66.9 Å². The molecule has 0 aromatic heterocycles. The number of carboxylic acids is 1. The number of hydrogen-bond acceptors (Lipinski definition) is 4. The molecule has 0 spiro atoms. The van der Waals surface area contributed by atoms with Crippen LogP contribution in [0.1, 0.15) is 77.9 Å². The number of carbonyl (C=O) groups excluding carboxylic acids is 1. The second-order valence-corrected chi connectivity index (χ2v) is 10.2. The maximum Gasteiger partial charge on any atom is 0.303 e. The minimum absolute atomic E-state index is 0.0165. The van der Waals surface area contributed by atoms with Crippen LogP contribution in [-0.4, -0.2) is 23.6 Å². The van der Waals surface area contributed by atoms with Crippen molar-refractivity contribution in [3.8, 4) is 11.5 Å². The summed E-state index contributed by atoms with van der Waals surface area (Å²) in [6, 6.07) is 17.5. The number of aliphatic carboxylic acids is 1. The van der Waals surface area contributed by atoms with Crippen LogP contribution in [0.4, 0.5) is 5.69 Å². The topological polar surface area (TPSA) is 84.9 Å². The van der Waals surface area contributed by atoms with Crippen LogP contribution >= 0.6 is 0 Å². The largest absolute Gasteiger partial charge is 0.493 e. The molecule has 6 heteroatoms. The molecule has 0 fully saturated rings. The molecule has 6 nitrogen and oxygen atoms in total. The van der Waals surface area contributed by atoms with Crippen LogP contribution in [0.2, 0.25) is 0 Å². The zero-order chi connectivity index (χ0) is 27.8. The van der Waals surface area contributed by atoms with Gasteiger partial charge in [-0.3, -0.25) is 9.59 Å². The van der Waals surface area contributed by atoms with Crippen molar-refractivity contribution in [2.75, 3.05) is 11.9 Å². The van der Waals surface area contributed by atoms with E-state index in [1.807, 2.05) is 26.8 Å². The molecule has 1 amide bonds. The van der Waals surface area contributed by atoms with Gasteiger partial charge in [0.25, 0.3) is 5.91 Å². The van der Waals surface area contributed by atoms with E-state index < -0.39 is 5.97 Å². The van der Waals surface area contributed by atoms with Crippen LogP contribution in [0, 0.1) is 26.7 Å². The first-order valence-corrected chi connectivity index (χ1v) is 13.2. The molecule has 3 aromatic carbocycles. The van der Waals surface area contributed by atoms with E-state index in [4.69, 9.17) is 14.6 Å². The molecule has 0 saturated carbocycles. The summed E-state index contributed by atoms with van der Waals surface area (Å²) >= 11 is 0. The molecule has 38 heavy (non-hydrogen) atoms. The lowest BCUT2D eigenvalue weighted by atomic mass is 10.00. The normalized spacial score (nSPS) is 11.8. The van der Waals surface area contributed by atoms with Crippen molar-refractivity contribution in [1.29, 1.82) is 0 Å². The number of ether oxygens (including phenoxy) is 2. The van der Waals surface area contributed by atoms with Crippen LogP contribution in [0.3, 0.4) is 0 Å². The Morgan fingerprint density at radius 3 is 2.29 bits per heavy atom. The summed E-state index contributed by atoms with van der Waals surface area (Å²) in [6.45, 7) is 12.7. The van der Waals surface area contributed by atoms with Gasteiger partial charge in [0.15, 0.2) is 0 Å². The Bertz CT molecular complexity index is 1260. The molecule has 1 unspecified atom stereocenters. The summed E-state index contributed by atoms with van der Waals surface area (Å²) in [5.41, 5.74) is 6.39. The highest BCUT2D eigenvalue weighted by Gasteiger charge is 2.19. The molecular formula is C32H39NO5. The summed E-state index contributed by atoms with van der Waals surface area (Å²) < 4.78 is 12.1. The van der Waals surface area contributed by atoms with Gasteiger partial charge >= 0.3 is 5.97 Å². The molecule has 1 atom stereocenters. The molecular weight excluding hydrogens is 478 g/mol. The quantitative estimate of drug-likeness (QED) is 0.244. The third-order valence-electron chi connectivity index (χ3n) is 6.59. The summed E-state index contributed by atoms with van der Waals surface area (Å²) in [5, 5.41) is 11.8. The van der Waals surface area contributed by atoms with Crippen molar-refractivity contribution in [3.05, 3.63) is 88.0 Å². The molecule has 0 bridgehead atoms. The first-order chi connectivity index (χ1) is 18.1. The molecule has 2 N–H and O–H groups in total. The fraction of sp³-hybridized carbons (Fsp3) is 0.375. The molecule has 3 aromatic rings. The van der Waals surface area contributed by atoms with Gasteiger partial charge in [-0.1, -0.05) is 50.2 Å². The van der Waals surface area contributed by atoms with Gasteiger partial charge in [0.2, 0.25) is 0 Å². The molecule has 0 aliphatic rings. The Balaban J connectivity index is 1.73. The van der Waals surface area contributed by atoms with Gasteiger partial charge in [-0.05, 0) is 92.5 Å². The van der Waals surface area contributed by atoms with Crippen LogP contribution in [0.25, 0.3) is 0 Å². The van der Waals surface area contributed by atoms with Gasteiger partial charge in [-0.15, -0.1) is 0 Å². The van der Waals surface area contributed by atoms with Crippen LogP contribution in [-0.2, 0) is 11.2 Å². The smallest absolute Gasteiger partial charge is 0.303 e. The highest BCUT2D eigenvalue weighted by Crippen LogP contribution is 2.35. The van der Waals surface area contributed by atoms with Gasteiger partial charge in [0.05, 0.1) is 12.2 Å². The number of nitrogens with one attached hydrogen (secondary N) is 1. The molecule has 0 saturated heterocycles. The van der Waals surface area contributed by atoms with Crippen LogP contribution in [0.5, 0.6) is 11.5 Å². The number of rotatable bonds is 12. The number of aryl methyl sites for hydroxylation is 1. The molecule has 3 rings (SSSR count). The van der Waals surface area contributed by atoms with E-state index in [2.05, 4.69) is 50.4 Å². The summed E-state index contributed by atoms with van der Waals surface area (Å²) in [4.78, 5) is 23.9. The van der Waals surface area contributed by atoms with Gasteiger partial charge in [-0.25, -0.2) is 0 Å². The van der Waals surface area contributed by atoms with E-state index in [0.717, 1.165) is 34.4 Å². The van der Waals surface area contributed by atoms with Crippen molar-refractivity contribution in [1.82, 2.24) is 0 Å². The van der Waals surface area contributed by atoms with E-state index in [0.29, 0.717) is 29.3 Å². The van der Waals surface area contributed by atoms with Crippen LogP contribution in [0.15, 0.2) is 54.6 Å². The van der Waals surface area contributed by atoms with Gasteiger partial charge in [-0.2, -0.15) is 0 Å². The SMILES string of the molecule is Cc1cc(NC(=O)c2ccccc2OCCCC(=O)O)c(C)c(C)c1OC(C)c1ccc(CC(C)C)cc1. The second kappa shape index (κ2) is 13.1. The first kappa shape index (κ1) is 28.8. The number of para-hydroxylation sites is 1. The molecule has 0 aliphatic heterocycles. The Kier molecular flexibility index (Phi) is 9.94. The van der Waals surface area contributed by atoms with Crippen molar-refractivity contribution >= 4 is 17.6 Å². The van der Waals surface area contributed by atoms with E-state index in [-0.39, 0.29) is 25.0 Å². The minimum Gasteiger partial charge on any atom is -0.493 e. The summed E-state index contributed by atoms with van der Waals surface area (Å²) in [6.07, 6.45) is 1.32. The maximum atomic E-state index is 13.2. The summed E-state index contributed by atoms with van der Waals surface area (Å²) in [7, 11) is 0. The number of anilines is 1. The second-order valence-electron chi connectivity index (χ2n) is 10.2. The lowest BCUT2D eigenvalue weighted by Crippen LogP contribution is -2.16.